The van der Waals surface area contributed by atoms with E-state index < -0.39 is 0 Å². The summed E-state index contributed by atoms with van der Waals surface area (Å²) >= 11 is 0. The van der Waals surface area contributed by atoms with Crippen LogP contribution < -0.4 is 16.0 Å². The molecule has 0 spiro atoms. The van der Waals surface area contributed by atoms with Crippen LogP contribution in [0.1, 0.15) is 5.56 Å². The Kier molecular flexibility index (Phi) is 4.99. The number of carbonyl (C=O) groups is 1. The van der Waals surface area contributed by atoms with Crippen LogP contribution in [-0.4, -0.2) is 38.4 Å². The summed E-state index contributed by atoms with van der Waals surface area (Å²) in [5.41, 5.74) is 1.09. The normalized spacial score (nSPS) is 19.2. The predicted octanol–water partition coefficient (Wildman–Crippen LogP) is 0.474. The van der Waals surface area contributed by atoms with Crippen LogP contribution >= 0.6 is 0 Å². The van der Waals surface area contributed by atoms with Crippen molar-refractivity contribution < 1.29 is 9.53 Å². The van der Waals surface area contributed by atoms with Gasteiger partial charge in [-0.15, -0.1) is 0 Å². The van der Waals surface area contributed by atoms with Crippen molar-refractivity contribution in [2.45, 2.75) is 12.6 Å². The standard InChI is InChI=1S/C13H19N3O2/c17-13(15-8-11-4-2-1-3-5-11)16-10-12-9-14-6-7-18-12/h1-5,12,14H,6-10H2,(H2,15,16,17). The summed E-state index contributed by atoms with van der Waals surface area (Å²) in [6.45, 7) is 3.46. The van der Waals surface area contributed by atoms with Gasteiger partial charge in [0, 0.05) is 26.2 Å². The van der Waals surface area contributed by atoms with Crippen molar-refractivity contribution in [2.75, 3.05) is 26.2 Å². The number of urea groups is 1. The molecule has 2 rings (SSSR count). The summed E-state index contributed by atoms with van der Waals surface area (Å²) in [5.74, 6) is 0. The van der Waals surface area contributed by atoms with E-state index in [0.29, 0.717) is 19.7 Å². The predicted molar refractivity (Wildman–Crippen MR) is 69.3 cm³/mol. The zero-order valence-corrected chi connectivity index (χ0v) is 10.3. The third kappa shape index (κ3) is 4.35. The van der Waals surface area contributed by atoms with Gasteiger partial charge in [-0.3, -0.25) is 0 Å². The molecule has 98 valence electrons. The first-order chi connectivity index (χ1) is 8.84. The van der Waals surface area contributed by atoms with E-state index in [1.807, 2.05) is 30.3 Å². The Morgan fingerprint density at radius 2 is 2.17 bits per heavy atom. The van der Waals surface area contributed by atoms with Crippen LogP contribution in [0.5, 0.6) is 0 Å². The summed E-state index contributed by atoms with van der Waals surface area (Å²) in [5, 5.41) is 8.84. The second kappa shape index (κ2) is 6.98. The fourth-order valence-electron chi connectivity index (χ4n) is 1.80. The second-order valence-electron chi connectivity index (χ2n) is 4.25. The monoisotopic (exact) mass is 249 g/mol. The molecule has 0 bridgehead atoms. The summed E-state index contributed by atoms with van der Waals surface area (Å²) in [4.78, 5) is 11.6. The van der Waals surface area contributed by atoms with Crippen LogP contribution in [0, 0.1) is 0 Å². The molecule has 1 heterocycles. The molecular formula is C13H19N3O2. The van der Waals surface area contributed by atoms with Crippen molar-refractivity contribution in [3.63, 3.8) is 0 Å². The molecule has 1 aromatic carbocycles. The van der Waals surface area contributed by atoms with Gasteiger partial charge in [-0.1, -0.05) is 30.3 Å². The fourth-order valence-corrected chi connectivity index (χ4v) is 1.80. The van der Waals surface area contributed by atoms with E-state index in [4.69, 9.17) is 4.74 Å². The highest BCUT2D eigenvalue weighted by Crippen LogP contribution is 1.97. The molecule has 0 aliphatic carbocycles. The lowest BCUT2D eigenvalue weighted by Crippen LogP contribution is -2.47. The Hall–Kier alpha value is -1.59. The molecule has 1 aromatic rings. The van der Waals surface area contributed by atoms with Crippen LogP contribution in [0.25, 0.3) is 0 Å². The topological polar surface area (TPSA) is 62.4 Å². The number of carbonyl (C=O) groups excluding carboxylic acids is 1. The molecule has 5 nitrogen and oxygen atoms in total. The Balaban J connectivity index is 1.63. The van der Waals surface area contributed by atoms with Crippen molar-refractivity contribution in [2.24, 2.45) is 0 Å². The maximum atomic E-state index is 11.6. The zero-order chi connectivity index (χ0) is 12.6. The molecule has 0 aromatic heterocycles. The Morgan fingerprint density at radius 1 is 1.33 bits per heavy atom. The number of morpholine rings is 1. The molecular weight excluding hydrogens is 230 g/mol. The summed E-state index contributed by atoms with van der Waals surface area (Å²) in [6.07, 6.45) is 0.0706. The molecule has 1 saturated heterocycles. The van der Waals surface area contributed by atoms with Crippen molar-refractivity contribution >= 4 is 6.03 Å². The van der Waals surface area contributed by atoms with Gasteiger partial charge in [0.1, 0.15) is 0 Å². The minimum absolute atomic E-state index is 0.0706. The van der Waals surface area contributed by atoms with E-state index in [9.17, 15) is 4.79 Å². The number of nitrogens with one attached hydrogen (secondary N) is 3. The number of hydrogen-bond acceptors (Lipinski definition) is 3. The van der Waals surface area contributed by atoms with Crippen LogP contribution in [0.4, 0.5) is 4.79 Å². The lowest BCUT2D eigenvalue weighted by molar-refractivity contribution is 0.0307. The maximum absolute atomic E-state index is 11.6. The maximum Gasteiger partial charge on any atom is 0.315 e. The average Bonchev–Trinajstić information content (AvgIpc) is 2.45. The van der Waals surface area contributed by atoms with Gasteiger partial charge < -0.3 is 20.7 Å². The van der Waals surface area contributed by atoms with Gasteiger partial charge in [0.05, 0.1) is 12.7 Å². The van der Waals surface area contributed by atoms with E-state index in [1.54, 1.807) is 0 Å². The van der Waals surface area contributed by atoms with E-state index in [1.165, 1.54) is 0 Å². The molecule has 1 aliphatic heterocycles. The first kappa shape index (κ1) is 12.9. The summed E-state index contributed by atoms with van der Waals surface area (Å²) in [6, 6.07) is 9.67. The van der Waals surface area contributed by atoms with E-state index in [2.05, 4.69) is 16.0 Å². The Bertz CT molecular complexity index is 364. The van der Waals surface area contributed by atoms with Crippen LogP contribution in [0.3, 0.4) is 0 Å². The molecule has 2 amide bonds. The Morgan fingerprint density at radius 3 is 2.89 bits per heavy atom. The smallest absolute Gasteiger partial charge is 0.315 e. The first-order valence-corrected chi connectivity index (χ1v) is 6.22. The highest BCUT2D eigenvalue weighted by atomic mass is 16.5. The quantitative estimate of drug-likeness (QED) is 0.727. The van der Waals surface area contributed by atoms with Crippen molar-refractivity contribution in [3.8, 4) is 0 Å². The molecule has 1 unspecified atom stereocenters. The zero-order valence-electron chi connectivity index (χ0n) is 10.3. The second-order valence-corrected chi connectivity index (χ2v) is 4.25. The van der Waals surface area contributed by atoms with Crippen LogP contribution in [0.2, 0.25) is 0 Å². The van der Waals surface area contributed by atoms with Gasteiger partial charge in [0.15, 0.2) is 0 Å². The van der Waals surface area contributed by atoms with E-state index in [-0.39, 0.29) is 12.1 Å². The van der Waals surface area contributed by atoms with Crippen molar-refractivity contribution in [3.05, 3.63) is 35.9 Å². The van der Waals surface area contributed by atoms with Gasteiger partial charge in [-0.25, -0.2) is 4.79 Å². The van der Waals surface area contributed by atoms with Gasteiger partial charge in [0.25, 0.3) is 0 Å². The van der Waals surface area contributed by atoms with Crippen LogP contribution in [0.15, 0.2) is 30.3 Å². The lowest BCUT2D eigenvalue weighted by Gasteiger charge is -2.23. The van der Waals surface area contributed by atoms with Crippen LogP contribution in [-0.2, 0) is 11.3 Å². The summed E-state index contributed by atoms with van der Waals surface area (Å²) < 4.78 is 5.49. The minimum atomic E-state index is -0.159. The number of rotatable bonds is 4. The molecule has 1 atom stereocenters. The average molecular weight is 249 g/mol. The number of benzene rings is 1. The van der Waals surface area contributed by atoms with Gasteiger partial charge in [-0.05, 0) is 5.56 Å². The molecule has 0 radical (unpaired) electrons. The molecule has 1 fully saturated rings. The largest absolute Gasteiger partial charge is 0.374 e. The molecule has 0 saturated carbocycles. The lowest BCUT2D eigenvalue weighted by atomic mass is 10.2. The SMILES string of the molecule is O=C(NCc1ccccc1)NCC1CNCCO1. The first-order valence-electron chi connectivity index (χ1n) is 6.22. The summed E-state index contributed by atoms with van der Waals surface area (Å²) in [7, 11) is 0. The highest BCUT2D eigenvalue weighted by Gasteiger charge is 2.13. The third-order valence-electron chi connectivity index (χ3n) is 2.79. The number of hydrogen-bond donors (Lipinski definition) is 3. The minimum Gasteiger partial charge on any atom is -0.374 e. The highest BCUT2D eigenvalue weighted by molar-refractivity contribution is 5.73. The van der Waals surface area contributed by atoms with Crippen molar-refractivity contribution in [1.82, 2.24) is 16.0 Å². The Labute approximate surface area is 107 Å². The molecule has 5 heteroatoms. The van der Waals surface area contributed by atoms with Gasteiger partial charge in [-0.2, -0.15) is 0 Å². The molecule has 18 heavy (non-hydrogen) atoms. The number of amides is 2. The number of ether oxygens (including phenoxy) is 1. The van der Waals surface area contributed by atoms with Crippen molar-refractivity contribution in [1.29, 1.82) is 0 Å². The molecule has 1 aliphatic rings. The van der Waals surface area contributed by atoms with E-state index in [0.717, 1.165) is 18.7 Å². The molecule has 3 N–H and O–H groups in total. The third-order valence-corrected chi connectivity index (χ3v) is 2.79. The van der Waals surface area contributed by atoms with E-state index >= 15 is 0 Å². The fraction of sp³-hybridized carbons (Fsp3) is 0.462. The van der Waals surface area contributed by atoms with Gasteiger partial charge >= 0.3 is 6.03 Å². The van der Waals surface area contributed by atoms with Gasteiger partial charge in [0.2, 0.25) is 0 Å².